The lowest BCUT2D eigenvalue weighted by atomic mass is 9.70. The number of methoxy groups -OCH3 is 2. The Bertz CT molecular complexity index is 965. The summed E-state index contributed by atoms with van der Waals surface area (Å²) in [5.74, 6) is 1.66. The smallest absolute Gasteiger partial charge is 0.234 e. The Hall–Kier alpha value is -2.35. The van der Waals surface area contributed by atoms with Crippen LogP contribution < -0.4 is 14.8 Å². The van der Waals surface area contributed by atoms with Crippen LogP contribution in [0.4, 0.5) is 5.69 Å². The zero-order valence-electron chi connectivity index (χ0n) is 17.4. The summed E-state index contributed by atoms with van der Waals surface area (Å²) in [6.45, 7) is 6.88. The van der Waals surface area contributed by atoms with Crippen molar-refractivity contribution < 1.29 is 14.3 Å². The molecule has 1 fully saturated rings. The summed E-state index contributed by atoms with van der Waals surface area (Å²) in [6.07, 6.45) is 2.26. The highest BCUT2D eigenvalue weighted by Gasteiger charge is 2.61. The maximum absolute atomic E-state index is 12.5. The number of benzene rings is 1. The van der Waals surface area contributed by atoms with Gasteiger partial charge in [-0.15, -0.1) is 5.10 Å². The van der Waals surface area contributed by atoms with E-state index in [1.165, 1.54) is 11.8 Å². The van der Waals surface area contributed by atoms with E-state index in [-0.39, 0.29) is 22.5 Å². The molecule has 1 aromatic carbocycles. The number of nitrogens with zero attached hydrogens (tertiary/aromatic N) is 3. The molecule has 2 atom stereocenters. The molecule has 0 saturated heterocycles. The van der Waals surface area contributed by atoms with E-state index in [1.54, 1.807) is 32.4 Å². The summed E-state index contributed by atoms with van der Waals surface area (Å²) in [5, 5.41) is 12.2. The maximum Gasteiger partial charge on any atom is 0.234 e. The van der Waals surface area contributed by atoms with Gasteiger partial charge in [0, 0.05) is 17.4 Å². The summed E-state index contributed by atoms with van der Waals surface area (Å²) in [5.41, 5.74) is 2.83. The van der Waals surface area contributed by atoms with E-state index in [9.17, 15) is 4.79 Å². The average molecular weight is 415 g/mol. The second-order valence-corrected chi connectivity index (χ2v) is 9.32. The van der Waals surface area contributed by atoms with E-state index in [0.29, 0.717) is 28.3 Å². The van der Waals surface area contributed by atoms with Crippen LogP contribution in [0.3, 0.4) is 0 Å². The van der Waals surface area contributed by atoms with Gasteiger partial charge in [-0.2, -0.15) is 5.10 Å². The molecule has 1 amide bonds. The average Bonchev–Trinajstić information content (AvgIpc) is 3.04. The first-order chi connectivity index (χ1) is 13.8. The maximum atomic E-state index is 12.5. The molecule has 8 heteroatoms. The second-order valence-electron chi connectivity index (χ2n) is 8.38. The molecular formula is C21H26N4O3S. The molecule has 1 aromatic heterocycles. The normalized spacial score (nSPS) is 23.6. The van der Waals surface area contributed by atoms with Crippen molar-refractivity contribution in [2.45, 2.75) is 50.1 Å². The second kappa shape index (κ2) is 7.16. The number of fused-ring (bicyclic) bond motifs is 5. The molecule has 1 saturated carbocycles. The molecule has 2 aliphatic carbocycles. The van der Waals surface area contributed by atoms with E-state index in [1.807, 2.05) is 0 Å². The first kappa shape index (κ1) is 19.9. The third-order valence-corrected chi connectivity index (χ3v) is 7.62. The molecule has 2 aromatic rings. The lowest BCUT2D eigenvalue weighted by Crippen LogP contribution is -2.32. The van der Waals surface area contributed by atoms with Crippen molar-refractivity contribution >= 4 is 23.4 Å². The molecule has 154 valence electrons. The fourth-order valence-electron chi connectivity index (χ4n) is 4.65. The van der Waals surface area contributed by atoms with Gasteiger partial charge in [0.05, 0.1) is 37.0 Å². The van der Waals surface area contributed by atoms with Crippen molar-refractivity contribution in [3.8, 4) is 11.5 Å². The van der Waals surface area contributed by atoms with Crippen LogP contribution in [0.15, 0.2) is 23.4 Å². The Kier molecular flexibility index (Phi) is 4.93. The fourth-order valence-corrected chi connectivity index (χ4v) is 5.24. The minimum Gasteiger partial charge on any atom is -0.497 e. The monoisotopic (exact) mass is 414 g/mol. The van der Waals surface area contributed by atoms with E-state index in [2.05, 4.69) is 36.3 Å². The van der Waals surface area contributed by atoms with Gasteiger partial charge in [-0.3, -0.25) is 4.79 Å². The molecule has 1 heterocycles. The number of hydrogen-bond acceptors (Lipinski definition) is 7. The van der Waals surface area contributed by atoms with Crippen LogP contribution in [-0.4, -0.2) is 41.1 Å². The van der Waals surface area contributed by atoms with Crippen molar-refractivity contribution in [1.82, 2.24) is 15.2 Å². The van der Waals surface area contributed by atoms with Crippen molar-refractivity contribution in [2.24, 2.45) is 5.41 Å². The molecule has 4 rings (SSSR count). The molecule has 2 bridgehead atoms. The van der Waals surface area contributed by atoms with Crippen molar-refractivity contribution in [2.75, 3.05) is 25.3 Å². The van der Waals surface area contributed by atoms with Gasteiger partial charge in [0.25, 0.3) is 0 Å². The summed E-state index contributed by atoms with van der Waals surface area (Å²) >= 11 is 1.29. The number of anilines is 1. The van der Waals surface area contributed by atoms with Gasteiger partial charge in [-0.05, 0) is 30.4 Å². The van der Waals surface area contributed by atoms with Crippen LogP contribution in [0.1, 0.15) is 50.9 Å². The summed E-state index contributed by atoms with van der Waals surface area (Å²) < 4.78 is 10.5. The molecule has 29 heavy (non-hydrogen) atoms. The molecule has 0 radical (unpaired) electrons. The Morgan fingerprint density at radius 2 is 2.03 bits per heavy atom. The summed E-state index contributed by atoms with van der Waals surface area (Å²) in [7, 11) is 3.14. The van der Waals surface area contributed by atoms with Gasteiger partial charge >= 0.3 is 0 Å². The van der Waals surface area contributed by atoms with Gasteiger partial charge in [0.2, 0.25) is 11.1 Å². The largest absolute Gasteiger partial charge is 0.497 e. The molecule has 0 aliphatic heterocycles. The van der Waals surface area contributed by atoms with Crippen LogP contribution in [0.5, 0.6) is 11.5 Å². The van der Waals surface area contributed by atoms with E-state index in [0.717, 1.165) is 24.2 Å². The highest BCUT2D eigenvalue weighted by atomic mass is 32.2. The highest BCUT2D eigenvalue weighted by molar-refractivity contribution is 7.99. The number of nitrogens with one attached hydrogen (secondary N) is 1. The first-order valence-corrected chi connectivity index (χ1v) is 10.7. The number of rotatable bonds is 6. The van der Waals surface area contributed by atoms with Crippen molar-refractivity contribution in [3.63, 3.8) is 0 Å². The quantitative estimate of drug-likeness (QED) is 0.720. The van der Waals surface area contributed by atoms with Gasteiger partial charge in [-0.25, -0.2) is 4.98 Å². The lowest BCUT2D eigenvalue weighted by molar-refractivity contribution is -0.113. The number of carbonyl (C=O) groups excluding carboxylic acids is 1. The van der Waals surface area contributed by atoms with Crippen LogP contribution in [-0.2, 0) is 10.2 Å². The zero-order valence-corrected chi connectivity index (χ0v) is 18.2. The van der Waals surface area contributed by atoms with E-state index < -0.39 is 0 Å². The van der Waals surface area contributed by atoms with Crippen LogP contribution in [0.2, 0.25) is 0 Å². The molecule has 2 aliphatic rings. The Balaban J connectivity index is 1.46. The topological polar surface area (TPSA) is 86.2 Å². The third-order valence-electron chi connectivity index (χ3n) is 6.79. The standard InChI is InChI=1S/C21H26N4O3S/c1-20(2)13-8-9-21(20,3)18-17(13)24-25-19(23-18)29-11-16(26)22-14-10-12(27-4)6-7-15(14)28-5/h6-7,10,13H,8-9,11H2,1-5H3,(H,22,26)/t13-,21+/m0/s1. The number of amides is 1. The summed E-state index contributed by atoms with van der Waals surface area (Å²) in [6, 6.07) is 5.27. The molecular weight excluding hydrogens is 388 g/mol. The lowest BCUT2D eigenvalue weighted by Gasteiger charge is -2.33. The van der Waals surface area contributed by atoms with E-state index in [4.69, 9.17) is 14.5 Å². The number of thioether (sulfide) groups is 1. The minimum absolute atomic E-state index is 0.0223. The number of carbonyl (C=O) groups is 1. The van der Waals surface area contributed by atoms with Gasteiger partial charge in [0.15, 0.2) is 0 Å². The van der Waals surface area contributed by atoms with Gasteiger partial charge in [-0.1, -0.05) is 32.5 Å². The number of aromatic nitrogens is 3. The predicted molar refractivity (Wildman–Crippen MR) is 112 cm³/mol. The highest BCUT2D eigenvalue weighted by Crippen LogP contribution is 2.66. The number of ether oxygens (including phenoxy) is 2. The zero-order chi connectivity index (χ0) is 20.8. The molecule has 1 N–H and O–H groups in total. The Labute approximate surface area is 175 Å². The van der Waals surface area contributed by atoms with Gasteiger partial charge in [0.1, 0.15) is 11.5 Å². The van der Waals surface area contributed by atoms with Crippen LogP contribution in [0.25, 0.3) is 0 Å². The predicted octanol–water partition coefficient (Wildman–Crippen LogP) is 3.79. The van der Waals surface area contributed by atoms with Crippen molar-refractivity contribution in [3.05, 3.63) is 29.6 Å². The SMILES string of the molecule is COc1ccc(OC)c(NC(=O)CSc2nnc3c(n2)[C@@]2(C)CC[C@@H]3C2(C)C)c1. The number of hydrogen-bond donors (Lipinski definition) is 1. The molecule has 0 unspecified atom stereocenters. The first-order valence-electron chi connectivity index (χ1n) is 9.70. The van der Waals surface area contributed by atoms with Crippen LogP contribution >= 0.6 is 11.8 Å². The third kappa shape index (κ3) is 3.13. The minimum atomic E-state index is -0.168. The van der Waals surface area contributed by atoms with Gasteiger partial charge < -0.3 is 14.8 Å². The van der Waals surface area contributed by atoms with Crippen molar-refractivity contribution in [1.29, 1.82) is 0 Å². The fraction of sp³-hybridized carbons (Fsp3) is 0.524. The summed E-state index contributed by atoms with van der Waals surface area (Å²) in [4.78, 5) is 17.3. The Morgan fingerprint density at radius 3 is 2.76 bits per heavy atom. The van der Waals surface area contributed by atoms with Crippen LogP contribution in [0, 0.1) is 5.41 Å². The Morgan fingerprint density at radius 1 is 1.24 bits per heavy atom. The van der Waals surface area contributed by atoms with E-state index >= 15 is 0 Å². The molecule has 7 nitrogen and oxygen atoms in total. The molecule has 0 spiro atoms.